The van der Waals surface area contributed by atoms with Crippen LogP contribution in [0.3, 0.4) is 0 Å². The van der Waals surface area contributed by atoms with Gasteiger partial charge in [0.25, 0.3) is 0 Å². The van der Waals surface area contributed by atoms with E-state index in [1.807, 2.05) is 36.7 Å². The van der Waals surface area contributed by atoms with E-state index in [9.17, 15) is 0 Å². The largest absolute Gasteiger partial charge is 0.256 e. The Morgan fingerprint density at radius 2 is 0.865 bits per heavy atom. The van der Waals surface area contributed by atoms with Crippen LogP contribution >= 0.6 is 0 Å². The van der Waals surface area contributed by atoms with Crippen molar-refractivity contribution < 1.29 is 0 Å². The zero-order valence-corrected chi connectivity index (χ0v) is 20.3. The normalized spacial score (nSPS) is 13.1. The average Bonchev–Trinajstić information content (AvgIpc) is 3.30. The molecule has 4 aromatic carbocycles. The zero-order valence-electron chi connectivity index (χ0n) is 20.3. The molecule has 37 heavy (non-hydrogen) atoms. The molecule has 0 spiro atoms. The van der Waals surface area contributed by atoms with Crippen LogP contribution in [0.1, 0.15) is 22.3 Å². The van der Waals surface area contributed by atoms with Crippen LogP contribution < -0.4 is 0 Å². The van der Waals surface area contributed by atoms with Crippen LogP contribution in [0.5, 0.6) is 0 Å². The number of fused-ring (bicyclic) bond motifs is 3. The summed E-state index contributed by atoms with van der Waals surface area (Å²) in [6, 6.07) is 47.6. The molecule has 0 unspecified atom stereocenters. The lowest BCUT2D eigenvalue weighted by Crippen LogP contribution is -2.28. The van der Waals surface area contributed by atoms with Crippen molar-refractivity contribution in [2.24, 2.45) is 0 Å². The minimum absolute atomic E-state index is 0.469. The Bertz CT molecular complexity index is 1590. The highest BCUT2D eigenvalue weighted by atomic mass is 14.7. The molecule has 2 aromatic heterocycles. The lowest BCUT2D eigenvalue weighted by Gasteiger charge is -2.34. The maximum Gasteiger partial charge on any atom is 0.0714 e. The fraction of sp³-hybridized carbons (Fsp3) is 0.0286. The first-order valence-corrected chi connectivity index (χ1v) is 12.6. The number of rotatable bonds is 4. The lowest BCUT2D eigenvalue weighted by molar-refractivity contribution is 0.769. The Kier molecular flexibility index (Phi) is 5.04. The van der Waals surface area contributed by atoms with E-state index in [4.69, 9.17) is 0 Å². The van der Waals surface area contributed by atoms with Crippen LogP contribution in [-0.2, 0) is 5.41 Å². The summed E-state index contributed by atoms with van der Waals surface area (Å²) in [5.41, 5.74) is 11.3. The Morgan fingerprint density at radius 3 is 1.32 bits per heavy atom. The van der Waals surface area contributed by atoms with Gasteiger partial charge in [-0.05, 0) is 69.8 Å². The molecule has 1 aliphatic rings. The molecule has 0 radical (unpaired) electrons. The Balaban J connectivity index is 1.56. The second-order valence-electron chi connectivity index (χ2n) is 9.43. The molecule has 2 heteroatoms. The predicted molar refractivity (Wildman–Crippen MR) is 150 cm³/mol. The molecule has 6 aromatic rings. The molecule has 0 amide bonds. The molecule has 0 bridgehead atoms. The van der Waals surface area contributed by atoms with E-state index in [2.05, 4.69) is 119 Å². The molecule has 2 heterocycles. The Hall–Kier alpha value is -4.82. The second-order valence-corrected chi connectivity index (χ2v) is 9.43. The zero-order chi connectivity index (χ0) is 24.7. The van der Waals surface area contributed by atoms with Crippen LogP contribution in [0.25, 0.3) is 33.6 Å². The molecule has 0 saturated carbocycles. The number of pyridine rings is 2. The second kappa shape index (κ2) is 8.69. The first kappa shape index (κ1) is 21.5. The summed E-state index contributed by atoms with van der Waals surface area (Å²) in [5, 5.41) is 0. The van der Waals surface area contributed by atoms with Crippen molar-refractivity contribution in [1.82, 2.24) is 9.97 Å². The van der Waals surface area contributed by atoms with Crippen molar-refractivity contribution in [3.05, 3.63) is 168 Å². The van der Waals surface area contributed by atoms with E-state index in [1.165, 1.54) is 33.4 Å². The molecule has 0 aliphatic heterocycles. The molecular weight excluding hydrogens is 448 g/mol. The molecule has 0 atom stereocenters. The van der Waals surface area contributed by atoms with Gasteiger partial charge in [-0.25, -0.2) is 0 Å². The summed E-state index contributed by atoms with van der Waals surface area (Å²) < 4.78 is 0. The summed E-state index contributed by atoms with van der Waals surface area (Å²) >= 11 is 0. The number of aromatic nitrogens is 2. The molecule has 0 fully saturated rings. The molecule has 0 N–H and O–H groups in total. The summed E-state index contributed by atoms with van der Waals surface area (Å²) in [4.78, 5) is 9.29. The number of benzene rings is 4. The van der Waals surface area contributed by atoms with Gasteiger partial charge in [-0.3, -0.25) is 9.97 Å². The molecule has 0 saturated heterocycles. The van der Waals surface area contributed by atoms with Gasteiger partial charge in [0.1, 0.15) is 0 Å². The number of hydrogen-bond donors (Lipinski definition) is 0. The smallest absolute Gasteiger partial charge is 0.0714 e. The average molecular weight is 473 g/mol. The monoisotopic (exact) mass is 472 g/mol. The third kappa shape index (κ3) is 3.34. The van der Waals surface area contributed by atoms with Gasteiger partial charge >= 0.3 is 0 Å². The standard InChI is InChI=1S/C35H24N2/c1-3-17-31-29(15-1)30-16-2-4-18-32(30)35(31,27-13-9-11-25(23-27)33-19-5-7-21-36-33)28-14-10-12-26(24-28)34-20-6-8-22-37-34/h1-24H. The van der Waals surface area contributed by atoms with Crippen molar-refractivity contribution in [2.45, 2.75) is 5.41 Å². The maximum absolute atomic E-state index is 4.65. The summed E-state index contributed by atoms with van der Waals surface area (Å²) in [6.45, 7) is 0. The third-order valence-electron chi connectivity index (χ3n) is 7.46. The third-order valence-corrected chi connectivity index (χ3v) is 7.46. The number of hydrogen-bond acceptors (Lipinski definition) is 2. The maximum atomic E-state index is 4.65. The van der Waals surface area contributed by atoms with Gasteiger partial charge in [0, 0.05) is 23.5 Å². The van der Waals surface area contributed by atoms with Crippen LogP contribution in [0, 0.1) is 0 Å². The highest BCUT2D eigenvalue weighted by Gasteiger charge is 2.46. The SMILES string of the molecule is c1ccc(-c2cccc(C3(c4cccc(-c5ccccn5)c4)c4ccccc4-c4ccccc43)c2)nc1. The van der Waals surface area contributed by atoms with Crippen molar-refractivity contribution >= 4 is 0 Å². The van der Waals surface area contributed by atoms with E-state index >= 15 is 0 Å². The van der Waals surface area contributed by atoms with Gasteiger partial charge in [0.15, 0.2) is 0 Å². The Morgan fingerprint density at radius 1 is 0.405 bits per heavy atom. The predicted octanol–water partition coefficient (Wildman–Crippen LogP) is 8.17. The first-order chi connectivity index (χ1) is 18.4. The van der Waals surface area contributed by atoms with Gasteiger partial charge in [-0.15, -0.1) is 0 Å². The van der Waals surface area contributed by atoms with E-state index in [1.54, 1.807) is 0 Å². The fourth-order valence-electron chi connectivity index (χ4n) is 5.91. The summed E-state index contributed by atoms with van der Waals surface area (Å²) in [7, 11) is 0. The first-order valence-electron chi connectivity index (χ1n) is 12.6. The van der Waals surface area contributed by atoms with Gasteiger partial charge in [0.2, 0.25) is 0 Å². The highest BCUT2D eigenvalue weighted by molar-refractivity contribution is 5.87. The minimum Gasteiger partial charge on any atom is -0.256 e. The molecule has 174 valence electrons. The van der Waals surface area contributed by atoms with Crippen molar-refractivity contribution in [3.8, 4) is 33.6 Å². The molecular formula is C35H24N2. The van der Waals surface area contributed by atoms with Crippen molar-refractivity contribution in [3.63, 3.8) is 0 Å². The van der Waals surface area contributed by atoms with Crippen LogP contribution in [-0.4, -0.2) is 9.97 Å². The quantitative estimate of drug-likeness (QED) is 0.258. The minimum atomic E-state index is -0.469. The van der Waals surface area contributed by atoms with Gasteiger partial charge in [-0.2, -0.15) is 0 Å². The Labute approximate surface area is 217 Å². The highest BCUT2D eigenvalue weighted by Crippen LogP contribution is 2.56. The summed E-state index contributed by atoms with van der Waals surface area (Å²) in [6.07, 6.45) is 3.71. The van der Waals surface area contributed by atoms with E-state index in [-0.39, 0.29) is 0 Å². The topological polar surface area (TPSA) is 25.8 Å². The van der Waals surface area contributed by atoms with Gasteiger partial charge < -0.3 is 0 Å². The van der Waals surface area contributed by atoms with Gasteiger partial charge in [-0.1, -0.05) is 97.1 Å². The number of nitrogens with zero attached hydrogens (tertiary/aromatic N) is 2. The van der Waals surface area contributed by atoms with Gasteiger partial charge in [0.05, 0.1) is 16.8 Å². The molecule has 1 aliphatic carbocycles. The van der Waals surface area contributed by atoms with Crippen LogP contribution in [0.4, 0.5) is 0 Å². The van der Waals surface area contributed by atoms with Crippen molar-refractivity contribution in [2.75, 3.05) is 0 Å². The van der Waals surface area contributed by atoms with Crippen LogP contribution in [0.15, 0.2) is 146 Å². The lowest BCUT2D eigenvalue weighted by atomic mass is 9.67. The molecule has 2 nitrogen and oxygen atoms in total. The van der Waals surface area contributed by atoms with E-state index in [0.29, 0.717) is 0 Å². The van der Waals surface area contributed by atoms with Crippen LogP contribution in [0.2, 0.25) is 0 Å². The van der Waals surface area contributed by atoms with Crippen molar-refractivity contribution in [1.29, 1.82) is 0 Å². The van der Waals surface area contributed by atoms with E-state index < -0.39 is 5.41 Å². The summed E-state index contributed by atoms with van der Waals surface area (Å²) in [5.74, 6) is 0. The van der Waals surface area contributed by atoms with E-state index in [0.717, 1.165) is 22.5 Å². The molecule has 7 rings (SSSR count). The fourth-order valence-corrected chi connectivity index (χ4v) is 5.91.